The molecule has 20 heavy (non-hydrogen) atoms. The van der Waals surface area contributed by atoms with E-state index in [1.54, 1.807) is 6.07 Å². The summed E-state index contributed by atoms with van der Waals surface area (Å²) in [6, 6.07) is 4.99. The lowest BCUT2D eigenvalue weighted by atomic mass is 10.1. The van der Waals surface area contributed by atoms with E-state index in [1.165, 1.54) is 12.1 Å². The Morgan fingerprint density at radius 3 is 3.00 bits per heavy atom. The maximum absolute atomic E-state index is 11.0. The van der Waals surface area contributed by atoms with E-state index in [9.17, 15) is 10.1 Å². The number of nitro benzene ring substituents is 1. The second-order valence-corrected chi connectivity index (χ2v) is 4.88. The molecular weight excluding hydrogens is 260 g/mol. The summed E-state index contributed by atoms with van der Waals surface area (Å²) >= 11 is 0. The molecule has 1 aliphatic rings. The number of hydrogen-bond donors (Lipinski definition) is 1. The molecule has 1 N–H and O–H groups in total. The molecule has 1 aliphatic heterocycles. The van der Waals surface area contributed by atoms with Crippen LogP contribution in [0.3, 0.4) is 0 Å². The van der Waals surface area contributed by atoms with Gasteiger partial charge in [-0.1, -0.05) is 6.92 Å². The summed E-state index contributed by atoms with van der Waals surface area (Å²) in [5.41, 5.74) is 0.749. The molecular formula is C14H20N2O4. The fourth-order valence-corrected chi connectivity index (χ4v) is 2.17. The Labute approximate surface area is 118 Å². The average molecular weight is 280 g/mol. The molecule has 1 saturated heterocycles. The lowest BCUT2D eigenvalue weighted by molar-refractivity contribution is -0.384. The van der Waals surface area contributed by atoms with Crippen molar-refractivity contribution in [3.8, 4) is 5.75 Å². The molecule has 0 amide bonds. The number of benzene rings is 1. The predicted molar refractivity (Wildman–Crippen MR) is 76.3 cm³/mol. The molecule has 0 saturated carbocycles. The van der Waals surface area contributed by atoms with Gasteiger partial charge in [0.1, 0.15) is 5.75 Å². The maximum Gasteiger partial charge on any atom is 0.275 e. The van der Waals surface area contributed by atoms with Crippen molar-refractivity contribution in [3.63, 3.8) is 0 Å². The number of nitrogens with one attached hydrogen (secondary N) is 1. The first-order valence-corrected chi connectivity index (χ1v) is 6.95. The zero-order chi connectivity index (χ0) is 14.4. The molecule has 1 atom stereocenters. The smallest absolute Gasteiger partial charge is 0.275 e. The lowest BCUT2D eigenvalue weighted by Crippen LogP contribution is -2.29. The van der Waals surface area contributed by atoms with Crippen LogP contribution < -0.4 is 10.1 Å². The van der Waals surface area contributed by atoms with Gasteiger partial charge in [-0.15, -0.1) is 0 Å². The number of hydrogen-bond acceptors (Lipinski definition) is 5. The van der Waals surface area contributed by atoms with Gasteiger partial charge in [-0.2, -0.15) is 0 Å². The first-order chi connectivity index (χ1) is 9.69. The molecule has 6 heteroatoms. The topological polar surface area (TPSA) is 73.6 Å². The van der Waals surface area contributed by atoms with Gasteiger partial charge in [0.15, 0.2) is 0 Å². The average Bonchev–Trinajstić information content (AvgIpc) is 2.46. The van der Waals surface area contributed by atoms with Gasteiger partial charge in [0.05, 0.1) is 24.2 Å². The molecule has 0 radical (unpaired) electrons. The Kier molecular flexibility index (Phi) is 5.17. The molecule has 1 aromatic carbocycles. The van der Waals surface area contributed by atoms with Crippen molar-refractivity contribution >= 4 is 11.4 Å². The number of nitrogens with zero attached hydrogens (tertiary/aromatic N) is 1. The summed E-state index contributed by atoms with van der Waals surface area (Å²) < 4.78 is 10.9. The van der Waals surface area contributed by atoms with Crippen LogP contribution in [-0.2, 0) is 4.74 Å². The van der Waals surface area contributed by atoms with E-state index < -0.39 is 4.92 Å². The van der Waals surface area contributed by atoms with E-state index in [0.717, 1.165) is 25.9 Å². The van der Waals surface area contributed by atoms with Gasteiger partial charge in [-0.05, 0) is 19.3 Å². The van der Waals surface area contributed by atoms with Gasteiger partial charge in [0, 0.05) is 30.5 Å². The molecule has 1 fully saturated rings. The summed E-state index contributed by atoms with van der Waals surface area (Å²) in [6.07, 6.45) is 2.88. The first-order valence-electron chi connectivity index (χ1n) is 6.95. The second-order valence-electron chi connectivity index (χ2n) is 4.88. The number of rotatable bonds is 6. The Balaban J connectivity index is 2.12. The van der Waals surface area contributed by atoms with Crippen molar-refractivity contribution in [2.24, 2.45) is 0 Å². The normalized spacial score (nSPS) is 18.6. The standard InChI is InChI=1S/C14H20N2O4/c1-2-5-20-14-8-12(7-13(9-14)16(17)18)15-11-4-3-6-19-10-11/h7-9,11,15H,2-6,10H2,1H3. The Morgan fingerprint density at radius 2 is 2.35 bits per heavy atom. The number of nitro groups is 1. The highest BCUT2D eigenvalue weighted by atomic mass is 16.6. The first kappa shape index (κ1) is 14.6. The quantitative estimate of drug-likeness (QED) is 0.640. The summed E-state index contributed by atoms with van der Waals surface area (Å²) in [4.78, 5) is 10.6. The predicted octanol–water partition coefficient (Wildman–Crippen LogP) is 2.97. The van der Waals surface area contributed by atoms with Crippen molar-refractivity contribution in [2.45, 2.75) is 32.2 Å². The Morgan fingerprint density at radius 1 is 1.50 bits per heavy atom. The highest BCUT2D eigenvalue weighted by Crippen LogP contribution is 2.27. The summed E-state index contributed by atoms with van der Waals surface area (Å²) in [7, 11) is 0. The van der Waals surface area contributed by atoms with Gasteiger partial charge in [-0.3, -0.25) is 10.1 Å². The summed E-state index contributed by atoms with van der Waals surface area (Å²) in [5, 5.41) is 14.3. The second kappa shape index (κ2) is 7.09. The fraction of sp³-hybridized carbons (Fsp3) is 0.571. The number of non-ortho nitro benzene ring substituents is 1. The Bertz CT molecular complexity index is 458. The van der Waals surface area contributed by atoms with Crippen LogP contribution in [0.4, 0.5) is 11.4 Å². The van der Waals surface area contributed by atoms with Crippen molar-refractivity contribution in [3.05, 3.63) is 28.3 Å². The molecule has 0 aromatic heterocycles. The fourth-order valence-electron chi connectivity index (χ4n) is 2.17. The molecule has 0 spiro atoms. The molecule has 6 nitrogen and oxygen atoms in total. The Hall–Kier alpha value is -1.82. The third kappa shape index (κ3) is 4.09. The van der Waals surface area contributed by atoms with Crippen LogP contribution >= 0.6 is 0 Å². The van der Waals surface area contributed by atoms with E-state index in [0.29, 0.717) is 24.7 Å². The third-order valence-corrected chi connectivity index (χ3v) is 3.11. The van der Waals surface area contributed by atoms with Crippen LogP contribution in [0.5, 0.6) is 5.75 Å². The van der Waals surface area contributed by atoms with Crippen LogP contribution in [-0.4, -0.2) is 30.8 Å². The van der Waals surface area contributed by atoms with Gasteiger partial charge < -0.3 is 14.8 Å². The third-order valence-electron chi connectivity index (χ3n) is 3.11. The zero-order valence-electron chi connectivity index (χ0n) is 11.6. The van der Waals surface area contributed by atoms with Gasteiger partial charge in [0.25, 0.3) is 5.69 Å². The molecule has 1 heterocycles. The minimum Gasteiger partial charge on any atom is -0.493 e. The monoisotopic (exact) mass is 280 g/mol. The highest BCUT2D eigenvalue weighted by Gasteiger charge is 2.16. The molecule has 1 aromatic rings. The molecule has 0 aliphatic carbocycles. The number of anilines is 1. The van der Waals surface area contributed by atoms with E-state index in [4.69, 9.17) is 9.47 Å². The van der Waals surface area contributed by atoms with Crippen LogP contribution in [0, 0.1) is 10.1 Å². The minimum absolute atomic E-state index is 0.0397. The highest BCUT2D eigenvalue weighted by molar-refractivity contribution is 5.56. The van der Waals surface area contributed by atoms with Crippen LogP contribution in [0.25, 0.3) is 0 Å². The van der Waals surface area contributed by atoms with Crippen molar-refractivity contribution in [1.82, 2.24) is 0 Å². The largest absolute Gasteiger partial charge is 0.493 e. The molecule has 2 rings (SSSR count). The number of ether oxygens (including phenoxy) is 2. The SMILES string of the molecule is CCCOc1cc(NC2CCCOC2)cc([N+](=O)[O-])c1. The minimum atomic E-state index is -0.401. The molecule has 110 valence electrons. The van der Waals surface area contributed by atoms with Crippen molar-refractivity contribution in [1.29, 1.82) is 0 Å². The van der Waals surface area contributed by atoms with Crippen molar-refractivity contribution in [2.75, 3.05) is 25.1 Å². The molecule has 1 unspecified atom stereocenters. The van der Waals surface area contributed by atoms with Crippen LogP contribution in [0.2, 0.25) is 0 Å². The van der Waals surface area contributed by atoms with E-state index >= 15 is 0 Å². The summed E-state index contributed by atoms with van der Waals surface area (Å²) in [5.74, 6) is 0.528. The van der Waals surface area contributed by atoms with Crippen LogP contribution in [0.15, 0.2) is 18.2 Å². The zero-order valence-corrected chi connectivity index (χ0v) is 11.6. The van der Waals surface area contributed by atoms with Crippen molar-refractivity contribution < 1.29 is 14.4 Å². The van der Waals surface area contributed by atoms with Gasteiger partial charge in [-0.25, -0.2) is 0 Å². The lowest BCUT2D eigenvalue weighted by Gasteiger charge is -2.24. The molecule has 0 bridgehead atoms. The van der Waals surface area contributed by atoms with Crippen LogP contribution in [0.1, 0.15) is 26.2 Å². The van der Waals surface area contributed by atoms with E-state index in [1.807, 2.05) is 6.92 Å². The van der Waals surface area contributed by atoms with E-state index in [2.05, 4.69) is 5.32 Å². The summed E-state index contributed by atoms with van der Waals surface area (Å²) in [6.45, 7) is 3.97. The van der Waals surface area contributed by atoms with Gasteiger partial charge >= 0.3 is 0 Å². The van der Waals surface area contributed by atoms with Gasteiger partial charge in [0.2, 0.25) is 0 Å². The van der Waals surface area contributed by atoms with E-state index in [-0.39, 0.29) is 11.7 Å². The maximum atomic E-state index is 11.0.